The van der Waals surface area contributed by atoms with Gasteiger partial charge in [0.05, 0.1) is 0 Å². The van der Waals surface area contributed by atoms with Gasteiger partial charge in [0.15, 0.2) is 16.6 Å². The van der Waals surface area contributed by atoms with Gasteiger partial charge in [0, 0.05) is 19.8 Å². The molecule has 0 heterocycles. The van der Waals surface area contributed by atoms with Crippen LogP contribution in [0.4, 0.5) is 0 Å². The maximum atomic E-state index is 8.67. The Balaban J connectivity index is 4.04. The summed E-state index contributed by atoms with van der Waals surface area (Å²) < 4.78 is 18.1. The minimum Gasteiger partial charge on any atom is -0.437 e. The van der Waals surface area contributed by atoms with E-state index in [1.54, 1.807) is 0 Å². The second kappa shape index (κ2) is 8.82. The van der Waals surface area contributed by atoms with Crippen LogP contribution in [-0.4, -0.2) is 50.1 Å². The van der Waals surface area contributed by atoms with E-state index in [0.717, 1.165) is 25.5 Å². The maximum Gasteiger partial charge on any atom is 0.311 e. The van der Waals surface area contributed by atoms with Crippen LogP contribution in [0.25, 0.3) is 0 Å². The molecule has 0 aromatic rings. The molecule has 0 spiro atoms. The van der Waals surface area contributed by atoms with E-state index >= 15 is 0 Å². The van der Waals surface area contributed by atoms with Crippen LogP contribution in [0, 0.1) is 0 Å². The molecule has 0 aliphatic rings. The van der Waals surface area contributed by atoms with Crippen molar-refractivity contribution in [2.75, 3.05) is 19.8 Å². The Morgan fingerprint density at radius 2 is 1.35 bits per heavy atom. The smallest absolute Gasteiger partial charge is 0.311 e. The summed E-state index contributed by atoms with van der Waals surface area (Å²) in [6.07, 6.45) is 1.75. The van der Waals surface area contributed by atoms with Crippen LogP contribution in [0.15, 0.2) is 0 Å². The molecule has 0 radical (unpaired) electrons. The summed E-state index contributed by atoms with van der Waals surface area (Å²) >= 11 is 0. The lowest BCUT2D eigenvalue weighted by Crippen LogP contribution is -2.51. The molecule has 0 aliphatic carbocycles. The van der Waals surface area contributed by atoms with Crippen LogP contribution in [0.3, 0.4) is 0 Å². The molecule has 0 unspecified atom stereocenters. The summed E-state index contributed by atoms with van der Waals surface area (Å²) in [4.78, 5) is 0. The third-order valence-corrected chi connectivity index (χ3v) is 12.7. The molecule has 0 rings (SSSR count). The van der Waals surface area contributed by atoms with Crippen molar-refractivity contribution in [3.63, 3.8) is 0 Å². The first-order chi connectivity index (χ1) is 8.97. The van der Waals surface area contributed by atoms with Gasteiger partial charge in [-0.05, 0) is 64.7 Å². The van der Waals surface area contributed by atoms with E-state index in [-0.39, 0.29) is 6.61 Å². The second-order valence-electron chi connectivity index (χ2n) is 7.27. The molecule has 0 bridgehead atoms. The van der Waals surface area contributed by atoms with Crippen molar-refractivity contribution in [2.24, 2.45) is 0 Å². The number of rotatable bonds is 11. The quantitative estimate of drug-likeness (QED) is 0.462. The van der Waals surface area contributed by atoms with Crippen molar-refractivity contribution in [1.29, 1.82) is 0 Å². The van der Waals surface area contributed by atoms with Gasteiger partial charge in [0.25, 0.3) is 0 Å². The summed E-state index contributed by atoms with van der Waals surface area (Å²) in [6.45, 7) is 17.1. The van der Waals surface area contributed by atoms with E-state index in [1.807, 2.05) is 0 Å². The SMILES string of the molecule is C[Si](C)(C)O[Si](C)(C)O[Si](C)(C)CCCOCCCO. The Bertz CT molecular complexity index is 265. The van der Waals surface area contributed by atoms with Crippen LogP contribution in [0.2, 0.25) is 51.9 Å². The molecule has 0 aromatic heterocycles. The largest absolute Gasteiger partial charge is 0.437 e. The fraction of sp³-hybridized carbons (Fsp3) is 1.00. The lowest BCUT2D eigenvalue weighted by molar-refractivity contribution is 0.116. The van der Waals surface area contributed by atoms with Crippen LogP contribution >= 0.6 is 0 Å². The molecule has 0 saturated carbocycles. The Hall–Kier alpha value is 0.491. The van der Waals surface area contributed by atoms with E-state index in [1.165, 1.54) is 0 Å². The van der Waals surface area contributed by atoms with Crippen LogP contribution in [-0.2, 0) is 13.0 Å². The highest BCUT2D eigenvalue weighted by molar-refractivity contribution is 6.87. The highest BCUT2D eigenvalue weighted by Crippen LogP contribution is 2.23. The van der Waals surface area contributed by atoms with Crippen molar-refractivity contribution in [2.45, 2.75) is 64.7 Å². The Morgan fingerprint density at radius 1 is 0.800 bits per heavy atom. The van der Waals surface area contributed by atoms with Crippen LogP contribution in [0.5, 0.6) is 0 Å². The van der Waals surface area contributed by atoms with Crippen LogP contribution < -0.4 is 0 Å². The normalized spacial score (nSPS) is 13.8. The molecule has 7 heteroatoms. The maximum absolute atomic E-state index is 8.67. The molecule has 0 fully saturated rings. The molecule has 4 nitrogen and oxygen atoms in total. The second-order valence-corrected chi connectivity index (χ2v) is 19.9. The number of hydrogen-bond donors (Lipinski definition) is 1. The van der Waals surface area contributed by atoms with E-state index in [0.29, 0.717) is 6.61 Å². The van der Waals surface area contributed by atoms with Gasteiger partial charge in [-0.1, -0.05) is 0 Å². The molecule has 0 amide bonds. The van der Waals surface area contributed by atoms with Gasteiger partial charge in [0.1, 0.15) is 0 Å². The first-order valence-corrected chi connectivity index (χ1v) is 16.9. The first kappa shape index (κ1) is 20.5. The van der Waals surface area contributed by atoms with Crippen molar-refractivity contribution in [3.8, 4) is 0 Å². The van der Waals surface area contributed by atoms with Crippen molar-refractivity contribution in [1.82, 2.24) is 0 Å². The predicted octanol–water partition coefficient (Wildman–Crippen LogP) is 3.55. The summed E-state index contributed by atoms with van der Waals surface area (Å²) in [6, 6.07) is 1.09. The van der Waals surface area contributed by atoms with Crippen molar-refractivity contribution < 1.29 is 18.1 Å². The van der Waals surface area contributed by atoms with E-state index in [2.05, 4.69) is 45.8 Å². The number of aliphatic hydroxyl groups is 1. The zero-order chi connectivity index (χ0) is 15.9. The topological polar surface area (TPSA) is 47.9 Å². The van der Waals surface area contributed by atoms with E-state index in [9.17, 15) is 0 Å². The molecule has 0 atom stereocenters. The highest BCUT2D eigenvalue weighted by atomic mass is 28.5. The number of hydrogen-bond acceptors (Lipinski definition) is 4. The van der Waals surface area contributed by atoms with Gasteiger partial charge in [-0.25, -0.2) is 0 Å². The zero-order valence-corrected chi connectivity index (χ0v) is 17.4. The molecule has 1 N–H and O–H groups in total. The van der Waals surface area contributed by atoms with Gasteiger partial charge >= 0.3 is 8.56 Å². The van der Waals surface area contributed by atoms with Gasteiger partial charge in [-0.15, -0.1) is 0 Å². The minimum atomic E-state index is -2.01. The Kier molecular flexibility index (Phi) is 9.03. The van der Waals surface area contributed by atoms with Crippen molar-refractivity contribution >= 4 is 25.2 Å². The Labute approximate surface area is 128 Å². The van der Waals surface area contributed by atoms with Crippen molar-refractivity contribution in [3.05, 3.63) is 0 Å². The average molecular weight is 339 g/mol. The molecular formula is C13H34O4Si3. The molecule has 0 aliphatic heterocycles. The number of aliphatic hydroxyl groups excluding tert-OH is 1. The summed E-state index contributed by atoms with van der Waals surface area (Å²) in [5.41, 5.74) is 0. The molecule has 0 aromatic carbocycles. The predicted molar refractivity (Wildman–Crippen MR) is 92.4 cm³/mol. The standard InChI is InChI=1S/C13H34O4Si3/c1-18(2,3)16-20(6,7)17-19(4,5)13-9-12-15-11-8-10-14/h14H,8-13H2,1-7H3. The number of ether oxygens (including phenoxy) is 1. The zero-order valence-electron chi connectivity index (χ0n) is 14.4. The van der Waals surface area contributed by atoms with Gasteiger partial charge in [0.2, 0.25) is 0 Å². The first-order valence-electron chi connectivity index (χ1n) is 7.56. The summed E-state index contributed by atoms with van der Waals surface area (Å²) in [5, 5.41) is 8.67. The fourth-order valence-electron chi connectivity index (χ4n) is 2.34. The summed E-state index contributed by atoms with van der Waals surface area (Å²) in [7, 11) is -5.22. The third-order valence-electron chi connectivity index (χ3n) is 2.59. The van der Waals surface area contributed by atoms with Gasteiger partial charge in [-0.3, -0.25) is 0 Å². The molecule has 0 saturated heterocycles. The lowest BCUT2D eigenvalue weighted by Gasteiger charge is -2.37. The molecule has 122 valence electrons. The fourth-order valence-corrected chi connectivity index (χ4v) is 15.5. The lowest BCUT2D eigenvalue weighted by atomic mass is 10.5. The van der Waals surface area contributed by atoms with Gasteiger partial charge in [-0.2, -0.15) is 0 Å². The average Bonchev–Trinajstić information content (AvgIpc) is 2.17. The monoisotopic (exact) mass is 338 g/mol. The van der Waals surface area contributed by atoms with Crippen LogP contribution in [0.1, 0.15) is 12.8 Å². The Morgan fingerprint density at radius 3 is 1.85 bits per heavy atom. The highest BCUT2D eigenvalue weighted by Gasteiger charge is 2.37. The van der Waals surface area contributed by atoms with E-state index in [4.69, 9.17) is 18.1 Å². The molecular weight excluding hydrogens is 304 g/mol. The van der Waals surface area contributed by atoms with E-state index < -0.39 is 25.2 Å². The molecule has 20 heavy (non-hydrogen) atoms. The van der Waals surface area contributed by atoms with Gasteiger partial charge < -0.3 is 18.1 Å². The minimum absolute atomic E-state index is 0.206. The summed E-state index contributed by atoms with van der Waals surface area (Å²) in [5.74, 6) is 0. The third kappa shape index (κ3) is 12.2.